The average Bonchev–Trinajstić information content (AvgIpc) is 2.59. The van der Waals surface area contributed by atoms with Crippen molar-refractivity contribution in [3.63, 3.8) is 0 Å². The molecule has 136 valence electrons. The van der Waals surface area contributed by atoms with Gasteiger partial charge in [-0.3, -0.25) is 4.98 Å². The number of hydrogen-bond acceptors (Lipinski definition) is 3. The Morgan fingerprint density at radius 3 is 2.20 bits per heavy atom. The van der Waals surface area contributed by atoms with Crippen LogP contribution in [0.15, 0.2) is 53.6 Å². The van der Waals surface area contributed by atoms with Gasteiger partial charge in [0.25, 0.3) is 0 Å². The highest BCUT2D eigenvalue weighted by Gasteiger charge is 2.36. The number of likely N-dealkylation sites (N-methyl/N-ethyl adjacent to an activating group) is 1. The Labute approximate surface area is 152 Å². The maximum absolute atomic E-state index is 13.1. The van der Waals surface area contributed by atoms with E-state index in [4.69, 9.17) is 0 Å². The third-order valence-electron chi connectivity index (χ3n) is 4.58. The van der Waals surface area contributed by atoms with Crippen molar-refractivity contribution >= 4 is 10.0 Å². The molecule has 1 atom stereocenters. The lowest BCUT2D eigenvalue weighted by Crippen LogP contribution is -2.46. The molecule has 4 nitrogen and oxygen atoms in total. The van der Waals surface area contributed by atoms with Crippen molar-refractivity contribution < 1.29 is 8.42 Å². The number of hydrogen-bond donors (Lipinski definition) is 0. The Balaban J connectivity index is 2.35. The van der Waals surface area contributed by atoms with Gasteiger partial charge in [-0.1, -0.05) is 45.9 Å². The van der Waals surface area contributed by atoms with E-state index in [1.54, 1.807) is 25.4 Å². The van der Waals surface area contributed by atoms with Gasteiger partial charge in [0.1, 0.15) is 0 Å². The van der Waals surface area contributed by atoms with Gasteiger partial charge >= 0.3 is 0 Å². The summed E-state index contributed by atoms with van der Waals surface area (Å²) in [7, 11) is -1.89. The number of aromatic nitrogens is 1. The third kappa shape index (κ3) is 4.67. The summed E-state index contributed by atoms with van der Waals surface area (Å²) in [6.07, 6.45) is 3.21. The van der Waals surface area contributed by atoms with Gasteiger partial charge in [-0.25, -0.2) is 8.42 Å². The second kappa shape index (κ2) is 7.67. The van der Waals surface area contributed by atoms with Gasteiger partial charge in [0.15, 0.2) is 0 Å². The van der Waals surface area contributed by atoms with Crippen LogP contribution < -0.4 is 0 Å². The predicted octanol–water partition coefficient (Wildman–Crippen LogP) is 3.92. The van der Waals surface area contributed by atoms with E-state index in [0.29, 0.717) is 11.3 Å². The molecular weight excluding hydrogens is 332 g/mol. The molecule has 0 radical (unpaired) electrons. The highest BCUT2D eigenvalue weighted by atomic mass is 32.2. The first-order chi connectivity index (χ1) is 11.7. The topological polar surface area (TPSA) is 50.3 Å². The van der Waals surface area contributed by atoms with Crippen LogP contribution >= 0.6 is 0 Å². The molecule has 0 saturated carbocycles. The Bertz CT molecular complexity index is 779. The molecule has 0 aliphatic heterocycles. The highest BCUT2D eigenvalue weighted by Crippen LogP contribution is 2.30. The van der Waals surface area contributed by atoms with Gasteiger partial charge < -0.3 is 0 Å². The number of pyridine rings is 1. The predicted molar refractivity (Wildman–Crippen MR) is 102 cm³/mol. The van der Waals surface area contributed by atoms with Gasteiger partial charge in [0.2, 0.25) is 10.0 Å². The Morgan fingerprint density at radius 1 is 1.08 bits per heavy atom. The third-order valence-corrected chi connectivity index (χ3v) is 6.46. The molecule has 2 rings (SSSR count). The molecule has 1 aromatic carbocycles. The Morgan fingerprint density at radius 2 is 1.72 bits per heavy atom. The molecule has 0 spiro atoms. The molecule has 2 aromatic rings. The fourth-order valence-corrected chi connectivity index (χ4v) is 4.47. The quantitative estimate of drug-likeness (QED) is 0.784. The van der Waals surface area contributed by atoms with Crippen molar-refractivity contribution in [3.05, 3.63) is 59.9 Å². The molecule has 0 aliphatic rings. The fourth-order valence-electron chi connectivity index (χ4n) is 2.93. The molecule has 5 heteroatoms. The zero-order valence-electron chi connectivity index (χ0n) is 15.7. The second-order valence-corrected chi connectivity index (χ2v) is 9.42. The summed E-state index contributed by atoms with van der Waals surface area (Å²) < 4.78 is 27.7. The van der Waals surface area contributed by atoms with Crippen LogP contribution in [0, 0.1) is 5.41 Å². The summed E-state index contributed by atoms with van der Waals surface area (Å²) in [5.74, 6) is 0. The normalized spacial score (nSPS) is 13.8. The molecule has 1 unspecified atom stereocenters. The van der Waals surface area contributed by atoms with E-state index < -0.39 is 10.0 Å². The summed E-state index contributed by atoms with van der Waals surface area (Å²) in [5, 5.41) is 0. The Hall–Kier alpha value is -1.72. The minimum Gasteiger partial charge on any atom is -0.261 e. The second-order valence-electron chi connectivity index (χ2n) is 7.43. The van der Waals surface area contributed by atoms with Crippen molar-refractivity contribution in [2.45, 2.75) is 51.5 Å². The number of rotatable bonds is 6. The molecule has 0 saturated heterocycles. The molecule has 25 heavy (non-hydrogen) atoms. The fraction of sp³-hybridized carbons (Fsp3) is 0.450. The molecule has 0 amide bonds. The summed E-state index contributed by atoms with van der Waals surface area (Å²) in [6.45, 7) is 8.24. The maximum Gasteiger partial charge on any atom is 0.243 e. The van der Waals surface area contributed by atoms with Gasteiger partial charge in [-0.15, -0.1) is 0 Å². The minimum absolute atomic E-state index is 0.196. The van der Waals surface area contributed by atoms with E-state index in [-0.39, 0.29) is 11.5 Å². The zero-order valence-corrected chi connectivity index (χ0v) is 16.5. The first kappa shape index (κ1) is 19.6. The van der Waals surface area contributed by atoms with Gasteiger partial charge in [0, 0.05) is 31.4 Å². The Kier molecular flexibility index (Phi) is 6.01. The number of aryl methyl sites for hydroxylation is 1. The van der Waals surface area contributed by atoms with Crippen LogP contribution in [0.25, 0.3) is 0 Å². The molecular formula is C20H28N2O2S. The van der Waals surface area contributed by atoms with Crippen LogP contribution in [0.1, 0.15) is 39.0 Å². The van der Waals surface area contributed by atoms with Gasteiger partial charge in [-0.2, -0.15) is 4.31 Å². The average molecular weight is 361 g/mol. The standard InChI is InChI=1S/C20H28N2O2S/c1-6-16-10-12-18(13-11-16)25(23,24)22(5)19(20(2,3)4)15-17-9-7-8-14-21-17/h7-14,19H,6,15H2,1-5H3. The number of sulfonamides is 1. The smallest absolute Gasteiger partial charge is 0.243 e. The monoisotopic (exact) mass is 360 g/mol. The summed E-state index contributed by atoms with van der Waals surface area (Å²) in [4.78, 5) is 4.71. The molecule has 1 heterocycles. The van der Waals surface area contributed by atoms with E-state index in [1.165, 1.54) is 4.31 Å². The van der Waals surface area contributed by atoms with E-state index in [9.17, 15) is 8.42 Å². The molecule has 0 N–H and O–H groups in total. The lowest BCUT2D eigenvalue weighted by Gasteiger charge is -2.37. The van der Waals surface area contributed by atoms with Crippen molar-refractivity contribution in [1.82, 2.24) is 9.29 Å². The van der Waals surface area contributed by atoms with Crippen LogP contribution in [0.2, 0.25) is 0 Å². The SMILES string of the molecule is CCc1ccc(S(=O)(=O)N(C)C(Cc2ccccn2)C(C)(C)C)cc1. The summed E-state index contributed by atoms with van der Waals surface area (Å²) >= 11 is 0. The lowest BCUT2D eigenvalue weighted by atomic mass is 9.84. The lowest BCUT2D eigenvalue weighted by molar-refractivity contribution is 0.196. The van der Waals surface area contributed by atoms with Crippen LogP contribution in [-0.2, 0) is 22.9 Å². The van der Waals surface area contributed by atoms with Crippen molar-refractivity contribution in [2.75, 3.05) is 7.05 Å². The van der Waals surface area contributed by atoms with Gasteiger partial charge in [0.05, 0.1) is 4.90 Å². The van der Waals surface area contributed by atoms with Crippen molar-refractivity contribution in [2.24, 2.45) is 5.41 Å². The first-order valence-corrected chi connectivity index (χ1v) is 10.1. The van der Waals surface area contributed by atoms with Crippen molar-refractivity contribution in [3.8, 4) is 0 Å². The molecule has 0 fully saturated rings. The molecule has 1 aromatic heterocycles. The zero-order chi connectivity index (χ0) is 18.7. The number of nitrogens with zero attached hydrogens (tertiary/aromatic N) is 2. The van der Waals surface area contributed by atoms with E-state index >= 15 is 0 Å². The molecule has 0 bridgehead atoms. The van der Waals surface area contributed by atoms with Crippen molar-refractivity contribution in [1.29, 1.82) is 0 Å². The van der Waals surface area contributed by atoms with Crippen LogP contribution in [0.4, 0.5) is 0 Å². The van der Waals surface area contributed by atoms with E-state index in [2.05, 4.69) is 32.7 Å². The van der Waals surface area contributed by atoms with Crippen LogP contribution in [-0.4, -0.2) is 30.8 Å². The van der Waals surface area contributed by atoms with E-state index in [0.717, 1.165) is 17.7 Å². The maximum atomic E-state index is 13.1. The number of benzene rings is 1. The minimum atomic E-state index is -3.56. The molecule has 0 aliphatic carbocycles. The van der Waals surface area contributed by atoms with E-state index in [1.807, 2.05) is 30.3 Å². The van der Waals surface area contributed by atoms with Crippen LogP contribution in [0.3, 0.4) is 0 Å². The largest absolute Gasteiger partial charge is 0.261 e. The first-order valence-electron chi connectivity index (χ1n) is 8.63. The summed E-state index contributed by atoms with van der Waals surface area (Å²) in [6, 6.07) is 12.7. The summed E-state index contributed by atoms with van der Waals surface area (Å²) in [5.41, 5.74) is 1.80. The van der Waals surface area contributed by atoms with Gasteiger partial charge in [-0.05, 0) is 41.7 Å². The highest BCUT2D eigenvalue weighted by molar-refractivity contribution is 7.89. The van der Waals surface area contributed by atoms with Crippen LogP contribution in [0.5, 0.6) is 0 Å².